The number of nitro groups is 1. The zero-order valence-electron chi connectivity index (χ0n) is 11.2. The van der Waals surface area contributed by atoms with Crippen LogP contribution in [0.2, 0.25) is 5.02 Å². The number of nitro benzene ring substituents is 1. The van der Waals surface area contributed by atoms with Gasteiger partial charge in [0.05, 0.1) is 4.92 Å². The van der Waals surface area contributed by atoms with Crippen molar-refractivity contribution in [2.45, 2.75) is 6.92 Å². The van der Waals surface area contributed by atoms with Crippen LogP contribution in [0.5, 0.6) is 0 Å². The number of nitrogens with two attached hydrogens (primary N) is 1. The van der Waals surface area contributed by atoms with Crippen LogP contribution in [0, 0.1) is 17.0 Å². The molecule has 0 amide bonds. The van der Waals surface area contributed by atoms with Crippen molar-refractivity contribution < 1.29 is 4.92 Å². The summed E-state index contributed by atoms with van der Waals surface area (Å²) in [5.41, 5.74) is 6.79. The molecule has 0 aliphatic carbocycles. The van der Waals surface area contributed by atoms with Gasteiger partial charge >= 0.3 is 0 Å². The van der Waals surface area contributed by atoms with Gasteiger partial charge in [0.2, 0.25) is 10.1 Å². The third kappa shape index (κ3) is 2.63. The van der Waals surface area contributed by atoms with Gasteiger partial charge in [-0.1, -0.05) is 22.9 Å². The Morgan fingerprint density at radius 1 is 1.45 bits per heavy atom. The zero-order valence-corrected chi connectivity index (χ0v) is 12.8. The molecule has 0 radical (unpaired) electrons. The van der Waals surface area contributed by atoms with Crippen LogP contribution in [0.3, 0.4) is 0 Å². The van der Waals surface area contributed by atoms with Crippen LogP contribution < -0.4 is 11.2 Å². The lowest BCUT2D eigenvalue weighted by molar-refractivity contribution is -0.384. The molecule has 0 spiro atoms. The quantitative estimate of drug-likeness (QED) is 0.570. The van der Waals surface area contributed by atoms with Crippen molar-refractivity contribution in [1.29, 1.82) is 0 Å². The molecule has 0 fully saturated rings. The molecule has 0 saturated heterocycles. The summed E-state index contributed by atoms with van der Waals surface area (Å²) in [5, 5.41) is 15.8. The Bertz CT molecular complexity index is 964. The number of fused-ring (bicyclic) bond motifs is 1. The minimum absolute atomic E-state index is 0.181. The van der Waals surface area contributed by atoms with Crippen molar-refractivity contribution in [1.82, 2.24) is 14.6 Å². The van der Waals surface area contributed by atoms with Gasteiger partial charge in [-0.3, -0.25) is 10.1 Å². The van der Waals surface area contributed by atoms with Crippen molar-refractivity contribution in [2.24, 2.45) is 4.99 Å². The largest absolute Gasteiger partial charge is 0.374 e. The fraction of sp³-hybridized carbons (Fsp3) is 0.0833. The predicted octanol–water partition coefficient (Wildman–Crippen LogP) is 2.48. The van der Waals surface area contributed by atoms with Crippen molar-refractivity contribution in [3.05, 3.63) is 50.6 Å². The summed E-state index contributed by atoms with van der Waals surface area (Å²) < 4.78 is 1.45. The van der Waals surface area contributed by atoms with E-state index in [1.807, 2.05) is 0 Å². The van der Waals surface area contributed by atoms with Crippen LogP contribution in [-0.2, 0) is 0 Å². The molecule has 1 aromatic carbocycles. The first-order valence-corrected chi connectivity index (χ1v) is 7.25. The number of halogens is 1. The lowest BCUT2D eigenvalue weighted by Gasteiger charge is -1.99. The second-order valence-corrected chi connectivity index (χ2v) is 5.82. The Hall–Kier alpha value is -2.52. The number of hydrogen-bond acceptors (Lipinski definition) is 7. The fourth-order valence-corrected chi connectivity index (χ4v) is 2.78. The van der Waals surface area contributed by atoms with Crippen LogP contribution in [0.4, 0.5) is 16.5 Å². The highest BCUT2D eigenvalue weighted by molar-refractivity contribution is 7.20. The third-order valence-electron chi connectivity index (χ3n) is 2.77. The number of aryl methyl sites for hydroxylation is 1. The second kappa shape index (κ2) is 5.35. The lowest BCUT2D eigenvalue weighted by Crippen LogP contribution is -2.16. The highest BCUT2D eigenvalue weighted by Crippen LogP contribution is 2.29. The van der Waals surface area contributed by atoms with Gasteiger partial charge in [-0.05, 0) is 19.1 Å². The Balaban J connectivity index is 2.32. The first kappa shape index (κ1) is 14.4. The molecule has 112 valence electrons. The van der Waals surface area contributed by atoms with Crippen LogP contribution in [0.25, 0.3) is 4.96 Å². The molecule has 3 aromatic rings. The first-order valence-electron chi connectivity index (χ1n) is 6.06. The van der Waals surface area contributed by atoms with E-state index < -0.39 is 4.92 Å². The molecule has 0 unspecified atom stereocenters. The number of nitrogens with zero attached hydrogens (tertiary/aromatic N) is 5. The molecule has 0 atom stereocenters. The standard InChI is InChI=1S/C12H9ClN6O2S/c1-6-4-10(18-12(15-6)22-11(14)17-18)16-8-3-2-7(13)5-9(8)19(20)21/h2-5H,1H3,(H2,14,17). The van der Waals surface area contributed by atoms with Gasteiger partial charge in [0.15, 0.2) is 5.49 Å². The molecule has 2 aromatic heterocycles. The van der Waals surface area contributed by atoms with E-state index in [0.29, 0.717) is 21.3 Å². The van der Waals surface area contributed by atoms with Crippen LogP contribution in [-0.4, -0.2) is 19.5 Å². The maximum atomic E-state index is 11.1. The molecule has 0 saturated carbocycles. The molecule has 2 N–H and O–H groups in total. The summed E-state index contributed by atoms with van der Waals surface area (Å²) in [6.07, 6.45) is 0. The van der Waals surface area contributed by atoms with Gasteiger partial charge in [-0.15, -0.1) is 5.10 Å². The van der Waals surface area contributed by atoms with E-state index in [-0.39, 0.29) is 16.4 Å². The minimum atomic E-state index is -0.532. The van der Waals surface area contributed by atoms with Gasteiger partial charge in [-0.2, -0.15) is 4.52 Å². The number of rotatable bonds is 2. The molecule has 0 aliphatic rings. The molecule has 0 bridgehead atoms. The van der Waals surface area contributed by atoms with E-state index in [2.05, 4.69) is 15.1 Å². The summed E-state index contributed by atoms with van der Waals surface area (Å²) in [4.78, 5) is 19.8. The van der Waals surface area contributed by atoms with Gasteiger partial charge in [0.25, 0.3) is 5.69 Å². The maximum absolute atomic E-state index is 11.1. The smallest absolute Gasteiger partial charge is 0.296 e. The monoisotopic (exact) mass is 336 g/mol. The van der Waals surface area contributed by atoms with Crippen LogP contribution in [0.15, 0.2) is 29.3 Å². The normalized spacial score (nSPS) is 12.0. The highest BCUT2D eigenvalue weighted by Gasteiger charge is 2.14. The Labute approximate surface area is 132 Å². The van der Waals surface area contributed by atoms with E-state index in [1.165, 1.54) is 28.0 Å². The zero-order chi connectivity index (χ0) is 15.9. The number of hydrogen-bond donors (Lipinski definition) is 1. The number of nitrogen functional groups attached to an aromatic ring is 1. The summed E-state index contributed by atoms with van der Waals surface area (Å²) in [6, 6.07) is 5.95. The average molecular weight is 337 g/mol. The van der Waals surface area contributed by atoms with E-state index in [0.717, 1.165) is 0 Å². The molecule has 22 heavy (non-hydrogen) atoms. The van der Waals surface area contributed by atoms with E-state index >= 15 is 0 Å². The second-order valence-electron chi connectivity index (χ2n) is 4.39. The third-order valence-corrected chi connectivity index (χ3v) is 3.74. The lowest BCUT2D eigenvalue weighted by atomic mass is 10.3. The van der Waals surface area contributed by atoms with Crippen LogP contribution in [0.1, 0.15) is 5.69 Å². The van der Waals surface area contributed by atoms with Crippen molar-refractivity contribution in [2.75, 3.05) is 5.73 Å². The fourth-order valence-electron chi connectivity index (χ4n) is 1.89. The highest BCUT2D eigenvalue weighted by atomic mass is 35.5. The molecule has 8 nitrogen and oxygen atoms in total. The summed E-state index contributed by atoms with van der Waals surface area (Å²) in [6.45, 7) is 1.80. The maximum Gasteiger partial charge on any atom is 0.296 e. The van der Waals surface area contributed by atoms with E-state index in [1.54, 1.807) is 19.1 Å². The van der Waals surface area contributed by atoms with E-state index in [9.17, 15) is 10.1 Å². The number of aromatic nitrogens is 3. The molecular formula is C12H9ClN6O2S. The summed E-state index contributed by atoms with van der Waals surface area (Å²) >= 11 is 7.01. The molecule has 2 heterocycles. The average Bonchev–Trinajstić information content (AvgIpc) is 2.80. The Morgan fingerprint density at radius 2 is 2.23 bits per heavy atom. The van der Waals surface area contributed by atoms with Crippen molar-refractivity contribution in [3.63, 3.8) is 0 Å². The first-order chi connectivity index (χ1) is 10.4. The Kier molecular flexibility index (Phi) is 3.51. The van der Waals surface area contributed by atoms with Crippen LogP contribution >= 0.6 is 22.9 Å². The van der Waals surface area contributed by atoms with Gasteiger partial charge in [0, 0.05) is 22.8 Å². The minimum Gasteiger partial charge on any atom is -0.374 e. The SMILES string of the molecule is Cc1cc(=Nc2ccc(Cl)cc2[N+](=O)[O-])n2nc(N)sc2n1. The predicted molar refractivity (Wildman–Crippen MR) is 83.3 cm³/mol. The Morgan fingerprint density at radius 3 is 2.95 bits per heavy atom. The molecule has 0 aliphatic heterocycles. The molecule has 3 rings (SSSR count). The molecular weight excluding hydrogens is 328 g/mol. The van der Waals surface area contributed by atoms with Gasteiger partial charge in [-0.25, -0.2) is 9.98 Å². The number of benzene rings is 1. The van der Waals surface area contributed by atoms with Gasteiger partial charge in [0.1, 0.15) is 5.69 Å². The van der Waals surface area contributed by atoms with Gasteiger partial charge < -0.3 is 5.73 Å². The van der Waals surface area contributed by atoms with Crippen molar-refractivity contribution in [3.8, 4) is 0 Å². The summed E-state index contributed by atoms with van der Waals surface area (Å²) in [5.74, 6) is 0. The molecule has 10 heteroatoms. The van der Waals surface area contributed by atoms with E-state index in [4.69, 9.17) is 17.3 Å². The number of anilines is 1. The summed E-state index contributed by atoms with van der Waals surface area (Å²) in [7, 11) is 0. The topological polar surface area (TPSA) is 112 Å². The van der Waals surface area contributed by atoms with Crippen molar-refractivity contribution >= 4 is 44.4 Å².